The molecule has 0 saturated carbocycles. The van der Waals surface area contributed by atoms with E-state index in [4.69, 9.17) is 23.2 Å². The molecule has 0 atom stereocenters. The Morgan fingerprint density at radius 1 is 1.08 bits per heavy atom. The van der Waals surface area contributed by atoms with Gasteiger partial charge in [0.05, 0.1) is 17.9 Å². The van der Waals surface area contributed by atoms with Crippen molar-refractivity contribution in [2.75, 3.05) is 26.2 Å². The van der Waals surface area contributed by atoms with Crippen LogP contribution in [0.2, 0.25) is 10.0 Å². The lowest BCUT2D eigenvalue weighted by atomic mass is 10.2. The maximum atomic E-state index is 13.7. The van der Waals surface area contributed by atoms with Crippen LogP contribution in [0.1, 0.15) is 5.56 Å². The van der Waals surface area contributed by atoms with Crippen LogP contribution in [0, 0.1) is 5.82 Å². The van der Waals surface area contributed by atoms with Crippen LogP contribution in [0.15, 0.2) is 35.3 Å². The van der Waals surface area contributed by atoms with E-state index < -0.39 is 5.56 Å². The molecule has 3 rings (SSSR count). The molecule has 1 fully saturated rings. The van der Waals surface area contributed by atoms with Crippen LogP contribution in [-0.2, 0) is 13.2 Å². The summed E-state index contributed by atoms with van der Waals surface area (Å²) in [5.74, 6) is -0.175. The third kappa shape index (κ3) is 3.95. The number of nitrogens with zero attached hydrogens (tertiary/aromatic N) is 4. The lowest BCUT2D eigenvalue weighted by Gasteiger charge is -2.34. The van der Waals surface area contributed by atoms with E-state index in [2.05, 4.69) is 14.9 Å². The van der Waals surface area contributed by atoms with Crippen molar-refractivity contribution >= 4 is 23.2 Å². The van der Waals surface area contributed by atoms with Gasteiger partial charge >= 0.3 is 0 Å². The molecule has 0 amide bonds. The molecular formula is C16H17Cl2FN4O. The zero-order chi connectivity index (χ0) is 17.1. The predicted molar refractivity (Wildman–Crippen MR) is 91.8 cm³/mol. The second-order valence-electron chi connectivity index (χ2n) is 5.74. The molecule has 128 valence electrons. The molecule has 2 heterocycles. The molecule has 1 aromatic carbocycles. The van der Waals surface area contributed by atoms with Crippen LogP contribution < -0.4 is 5.56 Å². The summed E-state index contributed by atoms with van der Waals surface area (Å²) < 4.78 is 15.0. The summed E-state index contributed by atoms with van der Waals surface area (Å²) in [7, 11) is 0. The Morgan fingerprint density at radius 2 is 1.75 bits per heavy atom. The monoisotopic (exact) mass is 370 g/mol. The molecule has 24 heavy (non-hydrogen) atoms. The number of hydrogen-bond acceptors (Lipinski definition) is 4. The molecule has 5 nitrogen and oxygen atoms in total. The Hall–Kier alpha value is -1.47. The fourth-order valence-corrected chi connectivity index (χ4v) is 2.96. The van der Waals surface area contributed by atoms with Gasteiger partial charge in [0.15, 0.2) is 0 Å². The standard InChI is InChI=1S/C16H17Cl2FN4O/c17-13-9-20-23(16(24)15(13)18)11-22-7-5-21(6-8-22)10-12-3-1-2-4-14(12)19/h1-4,9H,5-8,10-11H2. The first-order valence-electron chi connectivity index (χ1n) is 7.64. The summed E-state index contributed by atoms with van der Waals surface area (Å²) in [4.78, 5) is 16.3. The zero-order valence-electron chi connectivity index (χ0n) is 13.0. The Kier molecular flexibility index (Phi) is 5.50. The van der Waals surface area contributed by atoms with E-state index in [1.807, 2.05) is 6.07 Å². The molecule has 1 saturated heterocycles. The fourth-order valence-electron chi connectivity index (χ4n) is 2.69. The number of benzene rings is 1. The molecule has 0 spiro atoms. The van der Waals surface area contributed by atoms with Gasteiger partial charge in [-0.15, -0.1) is 0 Å². The van der Waals surface area contributed by atoms with E-state index in [0.717, 1.165) is 26.2 Å². The zero-order valence-corrected chi connectivity index (χ0v) is 14.5. The third-order valence-corrected chi connectivity index (χ3v) is 4.84. The van der Waals surface area contributed by atoms with Crippen LogP contribution in [0.3, 0.4) is 0 Å². The van der Waals surface area contributed by atoms with Crippen molar-refractivity contribution in [2.45, 2.75) is 13.2 Å². The molecular weight excluding hydrogens is 354 g/mol. The Morgan fingerprint density at radius 3 is 2.46 bits per heavy atom. The quantitative estimate of drug-likeness (QED) is 0.828. The second kappa shape index (κ2) is 7.61. The molecule has 0 radical (unpaired) electrons. The van der Waals surface area contributed by atoms with Gasteiger partial charge in [-0.3, -0.25) is 14.6 Å². The Balaban J connectivity index is 1.57. The minimum atomic E-state index is -0.391. The third-order valence-electron chi connectivity index (χ3n) is 4.09. The minimum Gasteiger partial charge on any atom is -0.296 e. The first-order chi connectivity index (χ1) is 11.5. The van der Waals surface area contributed by atoms with Crippen molar-refractivity contribution in [3.63, 3.8) is 0 Å². The lowest BCUT2D eigenvalue weighted by molar-refractivity contribution is 0.0963. The van der Waals surface area contributed by atoms with Gasteiger partial charge in [-0.2, -0.15) is 5.10 Å². The van der Waals surface area contributed by atoms with Gasteiger partial charge in [0, 0.05) is 38.3 Å². The summed E-state index contributed by atoms with van der Waals surface area (Å²) in [6, 6.07) is 6.82. The maximum absolute atomic E-state index is 13.7. The lowest BCUT2D eigenvalue weighted by Crippen LogP contribution is -2.47. The van der Waals surface area contributed by atoms with Gasteiger partial charge in [0.2, 0.25) is 0 Å². The van der Waals surface area contributed by atoms with Crippen molar-refractivity contribution in [3.8, 4) is 0 Å². The number of piperazine rings is 1. The number of aromatic nitrogens is 2. The highest BCUT2D eigenvalue weighted by atomic mass is 35.5. The van der Waals surface area contributed by atoms with Crippen LogP contribution in [0.5, 0.6) is 0 Å². The predicted octanol–water partition coefficient (Wildman–Crippen LogP) is 2.46. The summed E-state index contributed by atoms with van der Waals surface area (Å²) >= 11 is 11.6. The van der Waals surface area contributed by atoms with Gasteiger partial charge in [0.25, 0.3) is 5.56 Å². The van der Waals surface area contributed by atoms with E-state index in [1.54, 1.807) is 12.1 Å². The van der Waals surface area contributed by atoms with Crippen molar-refractivity contribution in [1.82, 2.24) is 19.6 Å². The van der Waals surface area contributed by atoms with Crippen molar-refractivity contribution in [1.29, 1.82) is 0 Å². The van der Waals surface area contributed by atoms with Gasteiger partial charge in [0.1, 0.15) is 10.8 Å². The summed E-state index contributed by atoms with van der Waals surface area (Å²) in [6.45, 7) is 4.08. The maximum Gasteiger partial charge on any atom is 0.288 e. The molecule has 0 bridgehead atoms. The molecule has 1 aliphatic rings. The second-order valence-corrected chi connectivity index (χ2v) is 6.52. The Bertz CT molecular complexity index is 775. The minimum absolute atomic E-state index is 0.00939. The van der Waals surface area contributed by atoms with Crippen molar-refractivity contribution < 1.29 is 4.39 Å². The molecule has 0 N–H and O–H groups in total. The van der Waals surface area contributed by atoms with E-state index in [1.165, 1.54) is 16.9 Å². The van der Waals surface area contributed by atoms with E-state index >= 15 is 0 Å². The number of rotatable bonds is 4. The van der Waals surface area contributed by atoms with E-state index in [0.29, 0.717) is 18.8 Å². The number of hydrogen-bond donors (Lipinski definition) is 0. The highest BCUT2D eigenvalue weighted by Crippen LogP contribution is 2.15. The molecule has 0 unspecified atom stereocenters. The van der Waals surface area contributed by atoms with Crippen molar-refractivity contribution in [3.05, 3.63) is 62.2 Å². The van der Waals surface area contributed by atoms with Crippen LogP contribution in [-0.4, -0.2) is 45.8 Å². The van der Waals surface area contributed by atoms with Crippen LogP contribution in [0.4, 0.5) is 4.39 Å². The van der Waals surface area contributed by atoms with Gasteiger partial charge in [-0.25, -0.2) is 9.07 Å². The summed E-state index contributed by atoms with van der Waals surface area (Å²) in [6.07, 6.45) is 1.37. The Labute approximate surface area is 149 Å². The highest BCUT2D eigenvalue weighted by molar-refractivity contribution is 6.41. The van der Waals surface area contributed by atoms with Crippen LogP contribution in [0.25, 0.3) is 0 Å². The van der Waals surface area contributed by atoms with E-state index in [9.17, 15) is 9.18 Å². The van der Waals surface area contributed by atoms with Gasteiger partial charge < -0.3 is 0 Å². The molecule has 1 aromatic heterocycles. The molecule has 2 aromatic rings. The topological polar surface area (TPSA) is 41.4 Å². The number of halogens is 3. The molecule has 8 heteroatoms. The molecule has 1 aliphatic heterocycles. The van der Waals surface area contributed by atoms with Gasteiger partial charge in [-0.05, 0) is 6.07 Å². The van der Waals surface area contributed by atoms with Gasteiger partial charge in [-0.1, -0.05) is 41.4 Å². The largest absolute Gasteiger partial charge is 0.296 e. The highest BCUT2D eigenvalue weighted by Gasteiger charge is 2.19. The first-order valence-corrected chi connectivity index (χ1v) is 8.39. The SMILES string of the molecule is O=c1c(Cl)c(Cl)cnn1CN1CCN(Cc2ccccc2F)CC1. The summed E-state index contributed by atoms with van der Waals surface area (Å²) in [5.41, 5.74) is 0.311. The average molecular weight is 371 g/mol. The first kappa shape index (κ1) is 17.4. The molecule has 0 aliphatic carbocycles. The normalized spacial score (nSPS) is 16.5. The van der Waals surface area contributed by atoms with Crippen LogP contribution >= 0.6 is 23.2 Å². The van der Waals surface area contributed by atoms with Crippen molar-refractivity contribution in [2.24, 2.45) is 0 Å². The van der Waals surface area contributed by atoms with E-state index in [-0.39, 0.29) is 15.9 Å². The fraction of sp³-hybridized carbons (Fsp3) is 0.375. The summed E-state index contributed by atoms with van der Waals surface area (Å²) in [5, 5.41) is 4.16. The smallest absolute Gasteiger partial charge is 0.288 e. The average Bonchev–Trinajstić information content (AvgIpc) is 2.59.